The SMILES string of the molecule is CN=C(NCCCc1nnc(SC)n1C1CCCC1)N1CC(C)CC(C)C1.I. The van der Waals surface area contributed by atoms with Gasteiger partial charge >= 0.3 is 0 Å². The lowest BCUT2D eigenvalue weighted by Crippen LogP contribution is -2.48. The molecule has 1 aromatic heterocycles. The van der Waals surface area contributed by atoms with Crippen LogP contribution < -0.4 is 5.32 Å². The van der Waals surface area contributed by atoms with Gasteiger partial charge in [-0.15, -0.1) is 34.2 Å². The fraction of sp³-hybridized carbons (Fsp3) is 0.850. The molecule has 28 heavy (non-hydrogen) atoms. The van der Waals surface area contributed by atoms with E-state index < -0.39 is 0 Å². The molecule has 1 aliphatic heterocycles. The van der Waals surface area contributed by atoms with Crippen molar-refractivity contribution in [3.8, 4) is 0 Å². The van der Waals surface area contributed by atoms with Crippen molar-refractivity contribution in [3.05, 3.63) is 5.82 Å². The normalized spacial score (nSPS) is 23.7. The van der Waals surface area contributed by atoms with Gasteiger partial charge in [0.1, 0.15) is 5.82 Å². The van der Waals surface area contributed by atoms with Crippen molar-refractivity contribution in [2.75, 3.05) is 32.9 Å². The molecule has 0 amide bonds. The summed E-state index contributed by atoms with van der Waals surface area (Å²) < 4.78 is 2.42. The van der Waals surface area contributed by atoms with Crippen molar-refractivity contribution in [1.82, 2.24) is 25.0 Å². The van der Waals surface area contributed by atoms with Crippen LogP contribution >= 0.6 is 35.7 Å². The predicted molar refractivity (Wildman–Crippen MR) is 129 cm³/mol. The van der Waals surface area contributed by atoms with Crippen LogP contribution in [0, 0.1) is 11.8 Å². The van der Waals surface area contributed by atoms with E-state index in [1.165, 1.54) is 32.1 Å². The van der Waals surface area contributed by atoms with E-state index in [2.05, 4.69) is 50.1 Å². The first-order valence-electron chi connectivity index (χ1n) is 10.6. The van der Waals surface area contributed by atoms with Gasteiger partial charge in [0, 0.05) is 39.1 Å². The topological polar surface area (TPSA) is 58.3 Å². The lowest BCUT2D eigenvalue weighted by molar-refractivity contribution is 0.208. The number of likely N-dealkylation sites (tertiary alicyclic amines) is 1. The molecule has 1 aromatic rings. The third kappa shape index (κ3) is 6.00. The van der Waals surface area contributed by atoms with Gasteiger partial charge in [0.15, 0.2) is 11.1 Å². The largest absolute Gasteiger partial charge is 0.356 e. The Morgan fingerprint density at radius 1 is 1.18 bits per heavy atom. The van der Waals surface area contributed by atoms with Gasteiger partial charge in [-0.3, -0.25) is 4.99 Å². The van der Waals surface area contributed by atoms with E-state index in [-0.39, 0.29) is 24.0 Å². The molecule has 160 valence electrons. The molecule has 6 nitrogen and oxygen atoms in total. The minimum atomic E-state index is 0. The van der Waals surface area contributed by atoms with Gasteiger partial charge in [-0.05, 0) is 43.8 Å². The Morgan fingerprint density at radius 3 is 2.46 bits per heavy atom. The Labute approximate surface area is 191 Å². The van der Waals surface area contributed by atoms with Gasteiger partial charge in [0.05, 0.1) is 0 Å². The molecule has 2 atom stereocenters. The van der Waals surface area contributed by atoms with Crippen LogP contribution in [0.1, 0.15) is 64.2 Å². The van der Waals surface area contributed by atoms with Crippen LogP contribution in [0.3, 0.4) is 0 Å². The zero-order chi connectivity index (χ0) is 19.2. The molecule has 3 rings (SSSR count). The number of nitrogens with zero attached hydrogens (tertiary/aromatic N) is 5. The predicted octanol–water partition coefficient (Wildman–Crippen LogP) is 4.22. The lowest BCUT2D eigenvalue weighted by atomic mass is 9.92. The highest BCUT2D eigenvalue weighted by Crippen LogP contribution is 2.33. The fourth-order valence-corrected chi connectivity index (χ4v) is 5.33. The molecule has 0 bridgehead atoms. The second kappa shape index (κ2) is 11.6. The smallest absolute Gasteiger partial charge is 0.193 e. The summed E-state index contributed by atoms with van der Waals surface area (Å²) >= 11 is 1.72. The minimum Gasteiger partial charge on any atom is -0.356 e. The van der Waals surface area contributed by atoms with Gasteiger partial charge in [-0.1, -0.05) is 38.5 Å². The number of halogens is 1. The van der Waals surface area contributed by atoms with E-state index in [9.17, 15) is 0 Å². The maximum atomic E-state index is 4.52. The molecule has 0 radical (unpaired) electrons. The van der Waals surface area contributed by atoms with Crippen LogP contribution in [-0.4, -0.2) is 58.6 Å². The van der Waals surface area contributed by atoms with Crippen LogP contribution in [0.25, 0.3) is 0 Å². The average Bonchev–Trinajstić information content (AvgIpc) is 3.29. The summed E-state index contributed by atoms with van der Waals surface area (Å²) in [6.07, 6.45) is 10.7. The summed E-state index contributed by atoms with van der Waals surface area (Å²) in [5.74, 6) is 3.68. The third-order valence-electron chi connectivity index (χ3n) is 5.85. The van der Waals surface area contributed by atoms with Crippen molar-refractivity contribution >= 4 is 41.7 Å². The average molecular weight is 521 g/mol. The lowest BCUT2D eigenvalue weighted by Gasteiger charge is -2.37. The molecule has 0 spiro atoms. The number of aliphatic imine (C=N–C) groups is 1. The summed E-state index contributed by atoms with van der Waals surface area (Å²) in [4.78, 5) is 6.94. The Morgan fingerprint density at radius 2 is 1.86 bits per heavy atom. The first-order valence-corrected chi connectivity index (χ1v) is 11.8. The number of aromatic nitrogens is 3. The molecule has 8 heteroatoms. The van der Waals surface area contributed by atoms with Crippen LogP contribution in [0.2, 0.25) is 0 Å². The van der Waals surface area contributed by atoms with E-state index in [1.807, 2.05) is 7.05 Å². The summed E-state index contributed by atoms with van der Waals surface area (Å²) in [5, 5.41) is 13.6. The second-order valence-corrected chi connectivity index (χ2v) is 9.11. The Balaban J connectivity index is 0.00000280. The van der Waals surface area contributed by atoms with E-state index in [0.717, 1.165) is 61.3 Å². The molecular formula is C20H37IN6S. The van der Waals surface area contributed by atoms with Crippen molar-refractivity contribution in [3.63, 3.8) is 0 Å². The molecule has 2 fully saturated rings. The Hall–Kier alpha value is -0.510. The van der Waals surface area contributed by atoms with Crippen LogP contribution in [0.4, 0.5) is 0 Å². The molecule has 2 unspecified atom stereocenters. The highest BCUT2D eigenvalue weighted by molar-refractivity contribution is 14.0. The van der Waals surface area contributed by atoms with Gasteiger partial charge in [0.25, 0.3) is 0 Å². The zero-order valence-corrected chi connectivity index (χ0v) is 21.0. The van der Waals surface area contributed by atoms with E-state index >= 15 is 0 Å². The molecule has 2 heterocycles. The summed E-state index contributed by atoms with van der Waals surface area (Å²) in [6.45, 7) is 7.83. The van der Waals surface area contributed by atoms with E-state index in [4.69, 9.17) is 0 Å². The number of rotatable bonds is 6. The molecule has 1 saturated carbocycles. The first kappa shape index (κ1) is 23.8. The minimum absolute atomic E-state index is 0. The monoisotopic (exact) mass is 520 g/mol. The van der Waals surface area contributed by atoms with E-state index in [1.54, 1.807) is 11.8 Å². The van der Waals surface area contributed by atoms with Crippen LogP contribution in [0.5, 0.6) is 0 Å². The third-order valence-corrected chi connectivity index (χ3v) is 6.49. The van der Waals surface area contributed by atoms with Crippen molar-refractivity contribution in [1.29, 1.82) is 0 Å². The van der Waals surface area contributed by atoms with Crippen LogP contribution in [-0.2, 0) is 6.42 Å². The molecule has 2 aliphatic rings. The number of guanidine groups is 1. The molecular weight excluding hydrogens is 483 g/mol. The van der Waals surface area contributed by atoms with Gasteiger partial charge in [0.2, 0.25) is 0 Å². The molecule has 0 aromatic carbocycles. The summed E-state index contributed by atoms with van der Waals surface area (Å²) in [5.41, 5.74) is 0. The molecule has 1 aliphatic carbocycles. The van der Waals surface area contributed by atoms with Gasteiger partial charge in [-0.25, -0.2) is 0 Å². The summed E-state index contributed by atoms with van der Waals surface area (Å²) in [6, 6.07) is 0.606. The maximum absolute atomic E-state index is 4.52. The number of hydrogen-bond acceptors (Lipinski definition) is 4. The summed E-state index contributed by atoms with van der Waals surface area (Å²) in [7, 11) is 1.90. The second-order valence-electron chi connectivity index (χ2n) is 8.34. The standard InChI is InChI=1S/C20H36N6S.HI/c1-15-12-16(2)14-25(13-15)19(21-3)22-11-7-10-18-23-24-20(27-4)26(18)17-8-5-6-9-17;/h15-17H,5-14H2,1-4H3,(H,21,22);1H. The number of piperidine rings is 1. The molecule has 1 saturated heterocycles. The first-order chi connectivity index (χ1) is 13.1. The van der Waals surface area contributed by atoms with Gasteiger partial charge < -0.3 is 14.8 Å². The van der Waals surface area contributed by atoms with Crippen LogP contribution in [0.15, 0.2) is 10.1 Å². The maximum Gasteiger partial charge on any atom is 0.193 e. The van der Waals surface area contributed by atoms with Gasteiger partial charge in [-0.2, -0.15) is 0 Å². The Bertz CT molecular complexity index is 618. The zero-order valence-electron chi connectivity index (χ0n) is 17.9. The number of hydrogen-bond donors (Lipinski definition) is 1. The Kier molecular flexibility index (Phi) is 9.86. The van der Waals surface area contributed by atoms with Crippen molar-refractivity contribution in [2.45, 2.75) is 70.0 Å². The fourth-order valence-electron chi connectivity index (χ4n) is 4.76. The highest BCUT2D eigenvalue weighted by Gasteiger charge is 2.25. The number of nitrogens with one attached hydrogen (secondary N) is 1. The number of thioether (sulfide) groups is 1. The van der Waals surface area contributed by atoms with E-state index in [0.29, 0.717) is 6.04 Å². The van der Waals surface area contributed by atoms with Crippen molar-refractivity contribution < 1.29 is 0 Å². The highest BCUT2D eigenvalue weighted by atomic mass is 127. The quantitative estimate of drug-likeness (QED) is 0.200. The molecule has 1 N–H and O–H groups in total. The van der Waals surface area contributed by atoms with Crippen molar-refractivity contribution in [2.24, 2.45) is 16.8 Å². The number of aryl methyl sites for hydroxylation is 1.